The Hall–Kier alpha value is -2.69. The Bertz CT molecular complexity index is 758. The van der Waals surface area contributed by atoms with Crippen LogP contribution in [0.1, 0.15) is 21.6 Å². The van der Waals surface area contributed by atoms with Crippen LogP contribution in [-0.4, -0.2) is 21.3 Å². The van der Waals surface area contributed by atoms with Crippen molar-refractivity contribution < 1.29 is 9.21 Å². The molecule has 20 heavy (non-hydrogen) atoms. The van der Waals surface area contributed by atoms with Gasteiger partial charge in [-0.15, -0.1) is 5.10 Å². The molecule has 0 N–H and O–H groups in total. The molecule has 0 amide bonds. The number of hydrogen-bond donors (Lipinski definition) is 0. The van der Waals surface area contributed by atoms with E-state index in [0.29, 0.717) is 17.7 Å². The third-order valence-corrected chi connectivity index (χ3v) is 3.14. The molecule has 2 heterocycles. The van der Waals surface area contributed by atoms with Crippen LogP contribution in [0.3, 0.4) is 0 Å². The molecule has 3 rings (SSSR count). The van der Waals surface area contributed by atoms with E-state index in [2.05, 4.69) is 16.4 Å². The number of rotatable bonds is 3. The molecule has 2 aromatic heterocycles. The average molecular weight is 267 g/mol. The molecule has 1 aromatic carbocycles. The van der Waals surface area contributed by atoms with Crippen LogP contribution in [0.15, 0.2) is 41.0 Å². The lowest BCUT2D eigenvalue weighted by Gasteiger charge is -2.08. The summed E-state index contributed by atoms with van der Waals surface area (Å²) in [5.41, 5.74) is 3.93. The summed E-state index contributed by atoms with van der Waals surface area (Å²) in [7, 11) is 0. The summed E-state index contributed by atoms with van der Waals surface area (Å²) in [5.74, 6) is 0.567. The molecular weight excluding hydrogens is 254 g/mol. The number of carbonyl (C=O) groups is 1. The standard InChI is InChI=1S/C15H13N3O2/c1-10-5-6-13(11(2)8-10)18-15(12(9-19)16-17-18)14-4-3-7-20-14/h3-9H,1-2H3. The Balaban J connectivity index is 2.24. The van der Waals surface area contributed by atoms with Crippen LogP contribution in [0.2, 0.25) is 0 Å². The molecular formula is C15H13N3O2. The number of aromatic nitrogens is 3. The van der Waals surface area contributed by atoms with Crippen LogP contribution < -0.4 is 0 Å². The van der Waals surface area contributed by atoms with Gasteiger partial charge in [0.15, 0.2) is 17.7 Å². The molecule has 5 nitrogen and oxygen atoms in total. The quantitative estimate of drug-likeness (QED) is 0.684. The fourth-order valence-electron chi connectivity index (χ4n) is 2.23. The fourth-order valence-corrected chi connectivity index (χ4v) is 2.23. The molecule has 0 aliphatic rings. The molecule has 0 bridgehead atoms. The van der Waals surface area contributed by atoms with Crippen LogP contribution in [0.5, 0.6) is 0 Å². The van der Waals surface area contributed by atoms with Crippen molar-refractivity contribution in [1.82, 2.24) is 15.0 Å². The highest BCUT2D eigenvalue weighted by atomic mass is 16.3. The highest BCUT2D eigenvalue weighted by molar-refractivity contribution is 5.82. The van der Waals surface area contributed by atoms with Crippen molar-refractivity contribution in [3.8, 4) is 17.1 Å². The number of aryl methyl sites for hydroxylation is 2. The summed E-state index contributed by atoms with van der Waals surface area (Å²) in [6.45, 7) is 4.03. The lowest BCUT2D eigenvalue weighted by atomic mass is 10.1. The largest absolute Gasteiger partial charge is 0.463 e. The first-order valence-corrected chi connectivity index (χ1v) is 6.23. The van der Waals surface area contributed by atoms with Gasteiger partial charge >= 0.3 is 0 Å². The van der Waals surface area contributed by atoms with Crippen molar-refractivity contribution >= 4 is 6.29 Å². The Morgan fingerprint density at radius 3 is 2.75 bits per heavy atom. The van der Waals surface area contributed by atoms with Gasteiger partial charge in [0.05, 0.1) is 12.0 Å². The Morgan fingerprint density at radius 2 is 2.10 bits per heavy atom. The molecule has 0 radical (unpaired) electrons. The molecule has 0 aliphatic heterocycles. The minimum atomic E-state index is 0.264. The SMILES string of the molecule is Cc1ccc(-n2nnc(C=O)c2-c2ccco2)c(C)c1. The van der Waals surface area contributed by atoms with Crippen molar-refractivity contribution in [3.05, 3.63) is 53.4 Å². The lowest BCUT2D eigenvalue weighted by molar-refractivity contribution is 0.111. The van der Waals surface area contributed by atoms with Crippen molar-refractivity contribution in [2.45, 2.75) is 13.8 Å². The maximum absolute atomic E-state index is 11.1. The van der Waals surface area contributed by atoms with E-state index in [0.717, 1.165) is 11.3 Å². The average Bonchev–Trinajstić information content (AvgIpc) is 3.06. The predicted octanol–water partition coefficient (Wildman–Crippen LogP) is 2.96. The van der Waals surface area contributed by atoms with Crippen molar-refractivity contribution in [1.29, 1.82) is 0 Å². The van der Waals surface area contributed by atoms with Gasteiger partial charge < -0.3 is 4.42 Å². The monoisotopic (exact) mass is 267 g/mol. The molecule has 100 valence electrons. The van der Waals surface area contributed by atoms with Gasteiger partial charge in [0.1, 0.15) is 5.69 Å². The van der Waals surface area contributed by atoms with E-state index in [1.807, 2.05) is 26.0 Å². The van der Waals surface area contributed by atoms with Crippen molar-refractivity contribution in [3.63, 3.8) is 0 Å². The summed E-state index contributed by atoms with van der Waals surface area (Å²) in [6.07, 6.45) is 2.24. The van der Waals surface area contributed by atoms with E-state index in [9.17, 15) is 4.79 Å². The predicted molar refractivity (Wildman–Crippen MR) is 73.9 cm³/mol. The van der Waals surface area contributed by atoms with Crippen LogP contribution in [-0.2, 0) is 0 Å². The van der Waals surface area contributed by atoms with Gasteiger partial charge in [-0.2, -0.15) is 0 Å². The first-order valence-electron chi connectivity index (χ1n) is 6.23. The summed E-state index contributed by atoms with van der Waals surface area (Å²) in [6, 6.07) is 9.56. The maximum Gasteiger partial charge on any atom is 0.172 e. The van der Waals surface area contributed by atoms with E-state index >= 15 is 0 Å². The zero-order valence-electron chi connectivity index (χ0n) is 11.2. The number of carbonyl (C=O) groups excluding carboxylic acids is 1. The van der Waals surface area contributed by atoms with E-state index in [1.54, 1.807) is 23.1 Å². The molecule has 0 aliphatic carbocycles. The third kappa shape index (κ3) is 1.93. The molecule has 0 spiro atoms. The second-order valence-electron chi connectivity index (χ2n) is 4.62. The highest BCUT2D eigenvalue weighted by Crippen LogP contribution is 2.26. The van der Waals surface area contributed by atoms with E-state index in [1.165, 1.54) is 5.56 Å². The number of aldehydes is 1. The minimum Gasteiger partial charge on any atom is -0.463 e. The highest BCUT2D eigenvalue weighted by Gasteiger charge is 2.18. The molecule has 5 heteroatoms. The van der Waals surface area contributed by atoms with Crippen LogP contribution in [0, 0.1) is 13.8 Å². The van der Waals surface area contributed by atoms with Crippen molar-refractivity contribution in [2.75, 3.05) is 0 Å². The lowest BCUT2D eigenvalue weighted by Crippen LogP contribution is -2.02. The zero-order chi connectivity index (χ0) is 14.1. The number of hydrogen-bond acceptors (Lipinski definition) is 4. The van der Waals surface area contributed by atoms with Crippen LogP contribution in [0.4, 0.5) is 0 Å². The number of furan rings is 1. The summed E-state index contributed by atoms with van der Waals surface area (Å²) in [5, 5.41) is 7.99. The van der Waals surface area contributed by atoms with Crippen LogP contribution in [0.25, 0.3) is 17.1 Å². The molecule has 0 fully saturated rings. The minimum absolute atomic E-state index is 0.264. The maximum atomic E-state index is 11.1. The molecule has 0 unspecified atom stereocenters. The topological polar surface area (TPSA) is 60.9 Å². The van der Waals surface area contributed by atoms with Crippen molar-refractivity contribution in [2.24, 2.45) is 0 Å². The van der Waals surface area contributed by atoms with Gasteiger partial charge in [-0.1, -0.05) is 22.9 Å². The number of nitrogens with zero attached hydrogens (tertiary/aromatic N) is 3. The van der Waals surface area contributed by atoms with E-state index < -0.39 is 0 Å². The molecule has 0 saturated carbocycles. The van der Waals surface area contributed by atoms with Gasteiger partial charge in [-0.05, 0) is 37.6 Å². The van der Waals surface area contributed by atoms with Gasteiger partial charge in [0, 0.05) is 0 Å². The third-order valence-electron chi connectivity index (χ3n) is 3.14. The summed E-state index contributed by atoms with van der Waals surface area (Å²) >= 11 is 0. The summed E-state index contributed by atoms with van der Waals surface area (Å²) in [4.78, 5) is 11.1. The van der Waals surface area contributed by atoms with Gasteiger partial charge in [0.25, 0.3) is 0 Å². The van der Waals surface area contributed by atoms with Gasteiger partial charge in [-0.3, -0.25) is 4.79 Å². The van der Waals surface area contributed by atoms with Gasteiger partial charge in [-0.25, -0.2) is 4.68 Å². The number of benzene rings is 1. The fraction of sp³-hybridized carbons (Fsp3) is 0.133. The molecule has 0 atom stereocenters. The molecule has 0 saturated heterocycles. The van der Waals surface area contributed by atoms with E-state index in [-0.39, 0.29) is 5.69 Å². The van der Waals surface area contributed by atoms with Gasteiger partial charge in [0.2, 0.25) is 0 Å². The Labute approximate surface area is 115 Å². The molecule has 3 aromatic rings. The second-order valence-corrected chi connectivity index (χ2v) is 4.62. The Morgan fingerprint density at radius 1 is 1.25 bits per heavy atom. The van der Waals surface area contributed by atoms with Crippen LogP contribution >= 0.6 is 0 Å². The zero-order valence-corrected chi connectivity index (χ0v) is 11.2. The Kier molecular flexibility index (Phi) is 2.95. The second kappa shape index (κ2) is 4.77. The first-order chi connectivity index (χ1) is 9.70. The smallest absolute Gasteiger partial charge is 0.172 e. The first kappa shape index (κ1) is 12.3. The summed E-state index contributed by atoms with van der Waals surface area (Å²) < 4.78 is 7.02. The van der Waals surface area contributed by atoms with E-state index in [4.69, 9.17) is 4.42 Å². The normalized spacial score (nSPS) is 10.7.